The van der Waals surface area contributed by atoms with E-state index in [-0.39, 0.29) is 53.9 Å². The molecule has 1 amide bonds. The fraction of sp³-hybridized carbons (Fsp3) is 0.485. The average Bonchev–Trinajstić information content (AvgIpc) is 1.46. The Morgan fingerprint density at radius 2 is 1.70 bits per heavy atom. The molecule has 1 aromatic heterocycles. The van der Waals surface area contributed by atoms with E-state index >= 15 is 9.59 Å². The molecule has 2 aliphatic heterocycles. The van der Waals surface area contributed by atoms with Crippen molar-refractivity contribution < 1.29 is 80.3 Å². The number of phenols is 4. The first-order valence-corrected chi connectivity index (χ1v) is 30.5. The van der Waals surface area contributed by atoms with Crippen LogP contribution in [0.5, 0.6) is 28.7 Å². The first-order valence-electron chi connectivity index (χ1n) is 30.5. The Hall–Kier alpha value is -7.54. The number of hydrogen-bond donors (Lipinski definition) is 15. The maximum Gasteiger partial charge on any atom is 0.355 e. The van der Waals surface area contributed by atoms with Crippen LogP contribution in [0, 0.1) is 23.2 Å². The number of allylic oxidation sites excluding steroid dienone is 1. The number of aromatic nitrogens is 2. The number of rotatable bonds is 20. The molecule has 22 heteroatoms. The summed E-state index contributed by atoms with van der Waals surface area (Å²) < 4.78 is 11.2. The number of aryl methyl sites for hydroxylation is 2. The lowest BCUT2D eigenvalue weighted by Crippen LogP contribution is -2.67. The van der Waals surface area contributed by atoms with E-state index < -0.39 is 113 Å². The van der Waals surface area contributed by atoms with Crippen LogP contribution in [-0.4, -0.2) is 151 Å². The molecule has 0 bridgehead atoms. The van der Waals surface area contributed by atoms with Crippen molar-refractivity contribution in [2.45, 2.75) is 157 Å². The summed E-state index contributed by atoms with van der Waals surface area (Å²) in [6.07, 6.45) is 3.75. The number of carbonyl (C=O) groups excluding carboxylic acids is 1. The number of aliphatic hydroxyl groups is 7. The van der Waals surface area contributed by atoms with Crippen LogP contribution in [0.25, 0.3) is 6.08 Å². The molecule has 5 aromatic rings. The number of imidazole rings is 1. The summed E-state index contributed by atoms with van der Waals surface area (Å²) in [6.45, 7) is 1.34. The molecular formula is C66H80N6O16. The number of hydrogen-bond acceptors (Lipinski definition) is 17. The minimum Gasteiger partial charge on any atom is -0.508 e. The number of nitrogens with one attached hydrogen (secondary N) is 2. The van der Waals surface area contributed by atoms with Gasteiger partial charge in [0.15, 0.2) is 29.1 Å². The summed E-state index contributed by atoms with van der Waals surface area (Å²) in [7, 11) is 0. The minimum absolute atomic E-state index is 0.0348. The normalized spacial score (nSPS) is 29.2. The zero-order chi connectivity index (χ0) is 62.5. The Bertz CT molecular complexity index is 3490. The van der Waals surface area contributed by atoms with E-state index in [1.165, 1.54) is 18.2 Å². The molecule has 22 nitrogen and oxygen atoms in total. The Kier molecular flexibility index (Phi) is 17.5. The molecule has 0 spiro atoms. The van der Waals surface area contributed by atoms with Crippen molar-refractivity contribution in [3.05, 3.63) is 142 Å². The third-order valence-corrected chi connectivity index (χ3v) is 20.1. The van der Waals surface area contributed by atoms with E-state index in [0.717, 1.165) is 65.2 Å². The number of carboxylic acid groups (broad SMARTS) is 1. The van der Waals surface area contributed by atoms with Crippen LogP contribution in [0.3, 0.4) is 0 Å². The molecule has 1 saturated heterocycles. The zero-order valence-corrected chi connectivity index (χ0v) is 49.1. The Balaban J connectivity index is 1.06. The average molecular weight is 1210 g/mol. The van der Waals surface area contributed by atoms with E-state index in [1.807, 2.05) is 43.3 Å². The van der Waals surface area contributed by atoms with E-state index in [9.17, 15) is 61.3 Å². The van der Waals surface area contributed by atoms with Crippen molar-refractivity contribution >= 4 is 29.6 Å². The number of aromatic amines is 1. The minimum atomic E-state index is -3.36. The number of fused-ring (bicyclic) bond motifs is 6. The number of aliphatic hydroxyl groups excluding tert-OH is 6. The van der Waals surface area contributed by atoms with Crippen molar-refractivity contribution in [3.8, 4) is 28.7 Å². The molecule has 4 aromatic carbocycles. The largest absolute Gasteiger partial charge is 0.508 e. The number of aliphatic carboxylic acids is 1. The van der Waals surface area contributed by atoms with Crippen molar-refractivity contribution in [1.82, 2.24) is 15.3 Å². The first kappa shape index (κ1) is 62.1. The standard InChI is InChI=1S/C66H80N6O16/c1-2-44-45(71-35-70-44)27-40-26-36(16-22-47(40)76)17-23-51(78)72-46-28-49(87-66(86)60(83)59(82)57(80)50(33-74)88-66)56(79)58(81)52(46)55-54(65-41(13-9-14-42(65)32-73)20-18-38-12-8-15-48(77)53(38)65)39(29-64(55,72)61(84)85)19-21-43(75)30-63(24-6-7-25-63)34-69-62(67)68-31-37-10-4-3-5-11-37/h3-5,8,10-12,15-17,22-23,26,28-29,35,41-43,50,54-55,57,59-60,73-77,79-83,86H,2,6-7,9,13-14,18-21,24-25,27,30-34H2,1H3,(H,70,71)(H,84,85)(H3,67,68,69)/b23-17+/t41-,42-,43+,50-,54-,55+,57-,59+,60-,64-,65+,66+/m1/s1. The molecular weight excluding hydrogens is 1130 g/mol. The molecule has 12 atom stereocenters. The third kappa shape index (κ3) is 10.8. The number of phenolic OH excluding ortho intramolecular Hbond substituents is 4. The molecule has 11 rings (SSSR count). The van der Waals surface area contributed by atoms with Gasteiger partial charge >= 0.3 is 11.9 Å². The highest BCUT2D eigenvalue weighted by molar-refractivity contribution is 6.13. The van der Waals surface area contributed by atoms with Crippen LogP contribution in [0.2, 0.25) is 0 Å². The summed E-state index contributed by atoms with van der Waals surface area (Å²) in [4.78, 5) is 44.0. The number of carbonyl (C=O) groups is 2. The van der Waals surface area contributed by atoms with Gasteiger partial charge in [0.05, 0.1) is 37.0 Å². The summed E-state index contributed by atoms with van der Waals surface area (Å²) in [5.74, 6) is -12.5. The number of guanidine groups is 1. The highest BCUT2D eigenvalue weighted by atomic mass is 16.8. The lowest BCUT2D eigenvalue weighted by Gasteiger charge is -2.58. The molecule has 470 valence electrons. The number of anilines is 1. The summed E-state index contributed by atoms with van der Waals surface area (Å²) >= 11 is 0. The number of nitrogens with zero attached hydrogens (tertiary/aromatic N) is 3. The van der Waals surface area contributed by atoms with Gasteiger partial charge in [-0.2, -0.15) is 0 Å². The van der Waals surface area contributed by atoms with Crippen molar-refractivity contribution in [1.29, 1.82) is 0 Å². The Morgan fingerprint density at radius 3 is 2.43 bits per heavy atom. The Morgan fingerprint density at radius 1 is 0.932 bits per heavy atom. The summed E-state index contributed by atoms with van der Waals surface area (Å²) in [5, 5.41) is 143. The van der Waals surface area contributed by atoms with Crippen molar-refractivity contribution in [2.24, 2.45) is 33.9 Å². The van der Waals surface area contributed by atoms with Crippen LogP contribution < -0.4 is 20.7 Å². The predicted molar refractivity (Wildman–Crippen MR) is 322 cm³/mol. The van der Waals surface area contributed by atoms with Gasteiger partial charge in [-0.3, -0.25) is 9.69 Å². The van der Waals surface area contributed by atoms with Crippen molar-refractivity contribution in [3.63, 3.8) is 0 Å². The molecule has 0 radical (unpaired) electrons. The molecule has 6 aliphatic rings. The van der Waals surface area contributed by atoms with E-state index in [0.29, 0.717) is 80.3 Å². The zero-order valence-electron chi connectivity index (χ0n) is 49.1. The first-order chi connectivity index (χ1) is 42.2. The van der Waals surface area contributed by atoms with Gasteiger partial charge < -0.3 is 86.8 Å². The van der Waals surface area contributed by atoms with Gasteiger partial charge in [-0.25, -0.2) is 14.8 Å². The van der Waals surface area contributed by atoms with Gasteiger partial charge in [0.2, 0.25) is 5.75 Å². The van der Waals surface area contributed by atoms with Crippen LogP contribution in [0.4, 0.5) is 5.69 Å². The second-order valence-electron chi connectivity index (χ2n) is 25.0. The molecule has 2 saturated carbocycles. The van der Waals surface area contributed by atoms with Gasteiger partial charge in [-0.15, -0.1) is 0 Å². The van der Waals surface area contributed by atoms with Gasteiger partial charge in [-0.1, -0.05) is 80.3 Å². The van der Waals surface area contributed by atoms with Gasteiger partial charge in [0.1, 0.15) is 29.8 Å². The van der Waals surface area contributed by atoms with E-state index in [2.05, 4.69) is 20.3 Å². The summed E-state index contributed by atoms with van der Waals surface area (Å²) in [6, 6.07) is 20.5. The molecule has 0 unspecified atom stereocenters. The number of amides is 1. The van der Waals surface area contributed by atoms with Crippen LogP contribution in [0.1, 0.15) is 128 Å². The van der Waals surface area contributed by atoms with Crippen molar-refractivity contribution in [2.75, 3.05) is 24.7 Å². The molecule has 88 heavy (non-hydrogen) atoms. The SMILES string of the molecule is CCc1nc[nH]c1Cc1cc(/C=C/C(=O)N2c3cc(O[C@]4(O)O[C@H](CO)[C@@H](O)[C@H](O)[C@H]4O)c(O)c(O)c3[C@H]3[C@H]([C@@]45c6c(O)cccc6CC[C@H]4CCC[C@@H]5CO)C(CC[C@H](O)CC4(CNC(N)=NCc5ccccc5)CCCC4)=C[C@]32C(=O)O)ccc1O. The van der Waals surface area contributed by atoms with Crippen LogP contribution >= 0.6 is 0 Å². The number of ether oxygens (including phenoxy) is 2. The maximum absolute atomic E-state index is 15.8. The number of carboxylic acids is 1. The highest BCUT2D eigenvalue weighted by Gasteiger charge is 2.72. The fourth-order valence-electron chi connectivity index (χ4n) is 16.1. The van der Waals surface area contributed by atoms with E-state index in [4.69, 9.17) is 15.2 Å². The number of nitrogens with two attached hydrogens (primary N) is 1. The number of H-pyrrole nitrogens is 1. The number of aliphatic imine (C=N–C) groups is 1. The molecule has 3 heterocycles. The second kappa shape index (κ2) is 24.8. The lowest BCUT2D eigenvalue weighted by molar-refractivity contribution is -0.422. The number of aromatic hydroxyl groups is 4. The monoisotopic (exact) mass is 1210 g/mol. The lowest BCUT2D eigenvalue weighted by atomic mass is 9.45. The van der Waals surface area contributed by atoms with Crippen LogP contribution in [-0.2, 0) is 45.5 Å². The Labute approximate surface area is 509 Å². The van der Waals surface area contributed by atoms with Gasteiger partial charge in [-0.05, 0) is 129 Å². The molecule has 4 aliphatic carbocycles. The summed E-state index contributed by atoms with van der Waals surface area (Å²) in [5.41, 5.74) is 6.71. The van der Waals surface area contributed by atoms with Crippen LogP contribution in [0.15, 0.2) is 102 Å². The van der Waals surface area contributed by atoms with Gasteiger partial charge in [0.25, 0.3) is 5.91 Å². The third-order valence-electron chi connectivity index (χ3n) is 20.1. The number of benzene rings is 4. The predicted octanol–water partition coefficient (Wildman–Crippen LogP) is 4.90. The highest BCUT2D eigenvalue weighted by Crippen LogP contribution is 2.72. The fourth-order valence-corrected chi connectivity index (χ4v) is 16.1. The quantitative estimate of drug-likeness (QED) is 0.0123. The smallest absolute Gasteiger partial charge is 0.355 e. The molecule has 16 N–H and O–H groups in total. The molecule has 3 fully saturated rings. The van der Waals surface area contributed by atoms with E-state index in [1.54, 1.807) is 30.6 Å². The second-order valence-corrected chi connectivity index (χ2v) is 25.0. The maximum atomic E-state index is 15.8. The topological polar surface area (TPSA) is 378 Å². The van der Waals surface area contributed by atoms with Gasteiger partial charge in [0, 0.05) is 71.3 Å².